The summed E-state index contributed by atoms with van der Waals surface area (Å²) >= 11 is 5.97. The van der Waals surface area contributed by atoms with Crippen LogP contribution in [0.25, 0.3) is 0 Å². The van der Waals surface area contributed by atoms with E-state index in [9.17, 15) is 5.11 Å². The summed E-state index contributed by atoms with van der Waals surface area (Å²) in [7, 11) is 3.54. The molecule has 0 aliphatic heterocycles. The van der Waals surface area contributed by atoms with Crippen LogP contribution in [0.15, 0.2) is 30.5 Å². The lowest BCUT2D eigenvalue weighted by Gasteiger charge is -2.28. The van der Waals surface area contributed by atoms with Crippen molar-refractivity contribution in [1.29, 1.82) is 0 Å². The minimum absolute atomic E-state index is 0.00861. The zero-order valence-electron chi connectivity index (χ0n) is 14.4. The number of aliphatic hydroxyl groups is 1. The number of ether oxygens (including phenoxy) is 2. The van der Waals surface area contributed by atoms with Crippen molar-refractivity contribution < 1.29 is 14.6 Å². The molecule has 1 atom stereocenters. The highest BCUT2D eigenvalue weighted by Gasteiger charge is 2.35. The molecule has 1 N–H and O–H groups in total. The van der Waals surface area contributed by atoms with Crippen LogP contribution in [0.5, 0.6) is 11.5 Å². The smallest absolute Gasteiger partial charge is 0.224 e. The van der Waals surface area contributed by atoms with Gasteiger partial charge in [-0.1, -0.05) is 12.1 Å². The maximum atomic E-state index is 9.71. The standard InChI is InChI=1S/C18H22ClN3O3/c1-22(15(10-23)13-5-6-13)17-16(9-20-18(19)21-17)25-11-12-3-7-14(24-2)8-4-12/h3-4,7-9,13,15,23H,5-6,10-11H2,1-2H3. The summed E-state index contributed by atoms with van der Waals surface area (Å²) in [5.41, 5.74) is 1.00. The molecule has 1 aliphatic carbocycles. The number of benzene rings is 1. The Morgan fingerprint density at radius 1 is 1.32 bits per heavy atom. The Morgan fingerprint density at radius 2 is 2.04 bits per heavy atom. The van der Waals surface area contributed by atoms with Gasteiger partial charge in [-0.25, -0.2) is 4.98 Å². The number of hydrogen-bond acceptors (Lipinski definition) is 6. The molecule has 1 aliphatic rings. The van der Waals surface area contributed by atoms with Gasteiger partial charge in [-0.05, 0) is 48.1 Å². The number of aromatic nitrogens is 2. The molecule has 7 heteroatoms. The molecule has 1 aromatic carbocycles. The van der Waals surface area contributed by atoms with Gasteiger partial charge in [0, 0.05) is 7.05 Å². The zero-order valence-corrected chi connectivity index (χ0v) is 15.1. The third-order valence-electron chi connectivity index (χ3n) is 4.45. The summed E-state index contributed by atoms with van der Waals surface area (Å²) in [6.45, 7) is 0.448. The van der Waals surface area contributed by atoms with Gasteiger partial charge in [0.05, 0.1) is 26.0 Å². The van der Waals surface area contributed by atoms with Crippen LogP contribution < -0.4 is 14.4 Å². The lowest BCUT2D eigenvalue weighted by atomic mass is 10.1. The number of methoxy groups -OCH3 is 1. The lowest BCUT2D eigenvalue weighted by molar-refractivity contribution is 0.247. The van der Waals surface area contributed by atoms with E-state index < -0.39 is 0 Å². The number of hydrogen-bond donors (Lipinski definition) is 1. The van der Waals surface area contributed by atoms with E-state index in [1.54, 1.807) is 13.3 Å². The lowest BCUT2D eigenvalue weighted by Crippen LogP contribution is -2.37. The second-order valence-corrected chi connectivity index (χ2v) is 6.50. The van der Waals surface area contributed by atoms with Gasteiger partial charge in [-0.2, -0.15) is 4.98 Å². The fourth-order valence-electron chi connectivity index (χ4n) is 2.80. The quantitative estimate of drug-likeness (QED) is 0.727. The summed E-state index contributed by atoms with van der Waals surface area (Å²) in [6, 6.07) is 7.67. The molecule has 1 fully saturated rings. The molecule has 1 aromatic heterocycles. The van der Waals surface area contributed by atoms with Crippen molar-refractivity contribution >= 4 is 17.4 Å². The molecule has 0 radical (unpaired) electrons. The molecule has 1 saturated carbocycles. The fraction of sp³-hybridized carbons (Fsp3) is 0.444. The van der Waals surface area contributed by atoms with Crippen LogP contribution in [0.3, 0.4) is 0 Å². The van der Waals surface area contributed by atoms with Crippen LogP contribution in [0, 0.1) is 5.92 Å². The zero-order chi connectivity index (χ0) is 17.8. The molecular weight excluding hydrogens is 342 g/mol. The minimum Gasteiger partial charge on any atom is -0.497 e. The summed E-state index contributed by atoms with van der Waals surface area (Å²) < 4.78 is 11.1. The Balaban J connectivity index is 1.76. The molecule has 0 spiro atoms. The molecule has 134 valence electrons. The summed E-state index contributed by atoms with van der Waals surface area (Å²) in [5, 5.41) is 9.87. The van der Waals surface area contributed by atoms with Crippen LogP contribution in [0.1, 0.15) is 18.4 Å². The average Bonchev–Trinajstić information content (AvgIpc) is 3.46. The topological polar surface area (TPSA) is 67.7 Å². The predicted molar refractivity (Wildman–Crippen MR) is 96.4 cm³/mol. The summed E-state index contributed by atoms with van der Waals surface area (Å²) in [4.78, 5) is 10.3. The van der Waals surface area contributed by atoms with E-state index in [1.165, 1.54) is 0 Å². The number of aliphatic hydroxyl groups excluding tert-OH is 1. The van der Waals surface area contributed by atoms with Gasteiger partial charge in [0.15, 0.2) is 11.6 Å². The van der Waals surface area contributed by atoms with Gasteiger partial charge >= 0.3 is 0 Å². The molecule has 6 nitrogen and oxygen atoms in total. The van der Waals surface area contributed by atoms with Gasteiger partial charge in [0.25, 0.3) is 0 Å². The van der Waals surface area contributed by atoms with Crippen molar-refractivity contribution in [2.24, 2.45) is 5.92 Å². The van der Waals surface area contributed by atoms with Crippen LogP contribution in [0.2, 0.25) is 5.28 Å². The molecule has 0 amide bonds. The number of nitrogens with zero attached hydrogens (tertiary/aromatic N) is 3. The van der Waals surface area contributed by atoms with Gasteiger partial charge in [0.1, 0.15) is 12.4 Å². The van der Waals surface area contributed by atoms with Crippen molar-refractivity contribution in [3.05, 3.63) is 41.3 Å². The summed E-state index contributed by atoms with van der Waals surface area (Å²) in [6.07, 6.45) is 3.82. The van der Waals surface area contributed by atoms with E-state index in [2.05, 4.69) is 9.97 Å². The third kappa shape index (κ3) is 4.32. The van der Waals surface area contributed by atoms with Crippen LogP contribution >= 0.6 is 11.6 Å². The molecule has 3 rings (SSSR count). The average molecular weight is 364 g/mol. The Morgan fingerprint density at radius 3 is 2.64 bits per heavy atom. The molecule has 2 aromatic rings. The second kappa shape index (κ2) is 7.89. The highest BCUT2D eigenvalue weighted by Crippen LogP contribution is 2.38. The molecule has 0 saturated heterocycles. The van der Waals surface area contributed by atoms with Crippen LogP contribution in [0.4, 0.5) is 5.82 Å². The Labute approximate surface area is 152 Å². The first-order valence-electron chi connectivity index (χ1n) is 8.24. The van der Waals surface area contributed by atoms with E-state index in [0.29, 0.717) is 24.1 Å². The SMILES string of the molecule is COc1ccc(COc2cnc(Cl)nc2N(C)C(CO)C2CC2)cc1. The maximum Gasteiger partial charge on any atom is 0.224 e. The highest BCUT2D eigenvalue weighted by atomic mass is 35.5. The number of anilines is 1. The van der Waals surface area contributed by atoms with Gasteiger partial charge in [0.2, 0.25) is 5.28 Å². The predicted octanol–water partition coefficient (Wildman–Crippen LogP) is 2.92. The van der Waals surface area contributed by atoms with Crippen molar-refractivity contribution in [1.82, 2.24) is 9.97 Å². The Kier molecular flexibility index (Phi) is 5.60. The second-order valence-electron chi connectivity index (χ2n) is 6.16. The minimum atomic E-state index is 0.00861. The van der Waals surface area contributed by atoms with Crippen molar-refractivity contribution in [3.8, 4) is 11.5 Å². The number of rotatable bonds is 8. The van der Waals surface area contributed by atoms with Crippen molar-refractivity contribution in [3.63, 3.8) is 0 Å². The monoisotopic (exact) mass is 363 g/mol. The number of likely N-dealkylation sites (N-methyl/N-ethyl adjacent to an activating group) is 1. The first-order chi connectivity index (χ1) is 12.1. The van der Waals surface area contributed by atoms with Crippen LogP contribution in [-0.2, 0) is 6.61 Å². The maximum absolute atomic E-state index is 9.71. The van der Waals surface area contributed by atoms with Crippen LogP contribution in [-0.4, -0.2) is 41.9 Å². The van der Waals surface area contributed by atoms with Gasteiger partial charge in [-0.15, -0.1) is 0 Å². The third-order valence-corrected chi connectivity index (χ3v) is 4.63. The van der Waals surface area contributed by atoms with E-state index in [4.69, 9.17) is 21.1 Å². The number of halogens is 1. The Hall–Kier alpha value is -2.05. The highest BCUT2D eigenvalue weighted by molar-refractivity contribution is 6.28. The molecule has 0 bridgehead atoms. The van der Waals surface area contributed by atoms with E-state index >= 15 is 0 Å². The molecule has 1 unspecified atom stereocenters. The van der Waals surface area contributed by atoms with Gasteiger partial charge in [-0.3, -0.25) is 0 Å². The van der Waals surface area contributed by atoms with E-state index in [-0.39, 0.29) is 17.9 Å². The largest absolute Gasteiger partial charge is 0.497 e. The first-order valence-corrected chi connectivity index (χ1v) is 8.62. The fourth-order valence-corrected chi connectivity index (χ4v) is 2.93. The first kappa shape index (κ1) is 17.8. The normalized spacial score (nSPS) is 14.9. The van der Waals surface area contributed by atoms with E-state index in [0.717, 1.165) is 24.2 Å². The van der Waals surface area contributed by atoms with Crippen molar-refractivity contribution in [2.75, 3.05) is 25.7 Å². The summed E-state index contributed by atoms with van der Waals surface area (Å²) in [5.74, 6) is 2.42. The molecule has 1 heterocycles. The van der Waals surface area contributed by atoms with Gasteiger partial charge < -0.3 is 19.5 Å². The molecular formula is C18H22ClN3O3. The van der Waals surface area contributed by atoms with Crippen molar-refractivity contribution in [2.45, 2.75) is 25.5 Å². The Bertz CT molecular complexity index is 707. The molecule has 25 heavy (non-hydrogen) atoms. The van der Waals surface area contributed by atoms with E-state index in [1.807, 2.05) is 36.2 Å².